The van der Waals surface area contributed by atoms with Gasteiger partial charge in [0.25, 0.3) is 0 Å². The standard InChI is InChI=1S/C49H81NO7/c1-6-8-10-12-14-16-18-20-22-23-24-26-28-30-32-34-36-38-40-48(52)57-45(43-55-42-41-46(49(53)54)50(3,4)5)44-56-47(51)39-37-35-33-31-29-27-25-21-19-17-15-13-11-9-7-2/h9,11,13-20,22-24,26,45-46H,6-8,10,12,21,25,27-44H2,1-5H3/b11-9+,15-13+,16-14+,19-17+,20-18+,23-22+,26-24+. The second-order valence-corrected chi connectivity index (χ2v) is 15.7. The second kappa shape index (κ2) is 39.3. The minimum absolute atomic E-state index is 0.0217. The number of carboxylic acid groups (broad SMARTS) is 1. The van der Waals surface area contributed by atoms with E-state index in [0.29, 0.717) is 6.42 Å². The Kier molecular flexibility index (Phi) is 36.9. The predicted octanol–water partition coefficient (Wildman–Crippen LogP) is 10.8. The summed E-state index contributed by atoms with van der Waals surface area (Å²) < 4.78 is 17.1. The molecule has 0 saturated heterocycles. The highest BCUT2D eigenvalue weighted by Crippen LogP contribution is 2.13. The van der Waals surface area contributed by atoms with E-state index < -0.39 is 18.1 Å². The normalized spacial score (nSPS) is 13.8. The number of quaternary nitrogens is 1. The molecule has 0 spiro atoms. The van der Waals surface area contributed by atoms with E-state index in [1.165, 1.54) is 38.5 Å². The molecule has 8 nitrogen and oxygen atoms in total. The maximum Gasteiger partial charge on any atom is 0.306 e. The molecule has 324 valence electrons. The number of hydrogen-bond donors (Lipinski definition) is 0. The number of allylic oxidation sites excluding steroid dienone is 14. The lowest BCUT2D eigenvalue weighted by atomic mass is 10.1. The average Bonchev–Trinajstić information content (AvgIpc) is 3.17. The van der Waals surface area contributed by atoms with Crippen LogP contribution < -0.4 is 5.11 Å². The molecule has 0 aromatic carbocycles. The number of esters is 2. The molecule has 0 fully saturated rings. The maximum absolute atomic E-state index is 12.7. The zero-order chi connectivity index (χ0) is 42.1. The Morgan fingerprint density at radius 3 is 1.46 bits per heavy atom. The van der Waals surface area contributed by atoms with Crippen LogP contribution in [0.2, 0.25) is 0 Å². The lowest BCUT2D eigenvalue weighted by Gasteiger charge is -2.34. The number of hydrogen-bond acceptors (Lipinski definition) is 7. The number of unbranched alkanes of at least 4 members (excludes halogenated alkanes) is 15. The second-order valence-electron chi connectivity index (χ2n) is 15.7. The summed E-state index contributed by atoms with van der Waals surface area (Å²) in [5.41, 5.74) is 0. The van der Waals surface area contributed by atoms with Gasteiger partial charge in [-0.1, -0.05) is 163 Å². The summed E-state index contributed by atoms with van der Waals surface area (Å²) >= 11 is 0. The van der Waals surface area contributed by atoms with Gasteiger partial charge in [0.15, 0.2) is 6.10 Å². The van der Waals surface area contributed by atoms with Crippen molar-refractivity contribution in [2.75, 3.05) is 41.0 Å². The molecule has 0 rings (SSSR count). The highest BCUT2D eigenvalue weighted by molar-refractivity contribution is 5.70. The monoisotopic (exact) mass is 796 g/mol. The SMILES string of the molecule is CC/C=C/C=C/C=C/CCCCCCCCCC(=O)OCC(COCCC(C(=O)[O-])[N+](C)(C)C)OC(=O)CCCCCCC/C=C/C=C/C=C/C=C/CCCCC. The molecule has 0 bridgehead atoms. The molecule has 57 heavy (non-hydrogen) atoms. The van der Waals surface area contributed by atoms with Crippen molar-refractivity contribution in [1.82, 2.24) is 0 Å². The molecule has 0 aromatic heterocycles. The molecule has 0 amide bonds. The van der Waals surface area contributed by atoms with Gasteiger partial charge < -0.3 is 28.6 Å². The van der Waals surface area contributed by atoms with Gasteiger partial charge in [-0.05, 0) is 57.8 Å². The Hall–Kier alpha value is -3.49. The number of aliphatic carboxylic acids is 1. The smallest absolute Gasteiger partial charge is 0.306 e. The highest BCUT2D eigenvalue weighted by Gasteiger charge is 2.25. The molecule has 0 N–H and O–H groups in total. The van der Waals surface area contributed by atoms with E-state index in [9.17, 15) is 19.5 Å². The molecular weight excluding hydrogens is 715 g/mol. The molecule has 0 aromatic rings. The first kappa shape index (κ1) is 53.5. The minimum Gasteiger partial charge on any atom is -0.544 e. The summed E-state index contributed by atoms with van der Waals surface area (Å²) in [5.74, 6) is -1.79. The zero-order valence-electron chi connectivity index (χ0n) is 36.7. The molecule has 0 aliphatic rings. The van der Waals surface area contributed by atoms with Crippen LogP contribution >= 0.6 is 0 Å². The highest BCUT2D eigenvalue weighted by atomic mass is 16.6. The summed E-state index contributed by atoms with van der Waals surface area (Å²) in [5, 5.41) is 11.6. The third-order valence-corrected chi connectivity index (χ3v) is 9.42. The lowest BCUT2D eigenvalue weighted by Crippen LogP contribution is -2.55. The van der Waals surface area contributed by atoms with Gasteiger partial charge in [-0.15, -0.1) is 0 Å². The number of nitrogens with zero attached hydrogens (tertiary/aromatic N) is 1. The van der Waals surface area contributed by atoms with Crippen LogP contribution in [0.15, 0.2) is 85.1 Å². The quantitative estimate of drug-likeness (QED) is 0.0265. The molecule has 0 aliphatic heterocycles. The maximum atomic E-state index is 12.7. The summed E-state index contributed by atoms with van der Waals surface area (Å²) in [7, 11) is 5.38. The lowest BCUT2D eigenvalue weighted by molar-refractivity contribution is -0.889. The molecule has 0 heterocycles. The van der Waals surface area contributed by atoms with Gasteiger partial charge in [0, 0.05) is 19.3 Å². The molecule has 0 aliphatic carbocycles. The van der Waals surface area contributed by atoms with E-state index in [1.807, 2.05) is 6.08 Å². The van der Waals surface area contributed by atoms with Crippen LogP contribution in [0.3, 0.4) is 0 Å². The van der Waals surface area contributed by atoms with Crippen molar-refractivity contribution in [3.8, 4) is 0 Å². The summed E-state index contributed by atoms with van der Waals surface area (Å²) in [6.07, 6.45) is 50.3. The zero-order valence-corrected chi connectivity index (χ0v) is 36.7. The van der Waals surface area contributed by atoms with E-state index in [1.54, 1.807) is 21.1 Å². The number of carbonyl (C=O) groups is 3. The van der Waals surface area contributed by atoms with Gasteiger partial charge in [-0.3, -0.25) is 9.59 Å². The fourth-order valence-electron chi connectivity index (χ4n) is 5.96. The Bertz CT molecular complexity index is 1200. The number of likely N-dealkylation sites (N-methyl/N-ethyl adjacent to an activating group) is 1. The van der Waals surface area contributed by atoms with E-state index in [4.69, 9.17) is 14.2 Å². The first-order valence-electron chi connectivity index (χ1n) is 22.2. The molecule has 0 radical (unpaired) electrons. The van der Waals surface area contributed by atoms with Crippen molar-refractivity contribution in [2.45, 2.75) is 167 Å². The van der Waals surface area contributed by atoms with Crippen LogP contribution in [0.25, 0.3) is 0 Å². The summed E-state index contributed by atoms with van der Waals surface area (Å²) in [6.45, 7) is 4.44. The Morgan fingerprint density at radius 2 is 0.982 bits per heavy atom. The van der Waals surface area contributed by atoms with Crippen LogP contribution in [0, 0.1) is 0 Å². The van der Waals surface area contributed by atoms with Crippen molar-refractivity contribution in [3.05, 3.63) is 85.1 Å². The largest absolute Gasteiger partial charge is 0.544 e. The topological polar surface area (TPSA) is 102 Å². The molecule has 0 saturated carbocycles. The first-order valence-corrected chi connectivity index (χ1v) is 22.2. The van der Waals surface area contributed by atoms with Crippen LogP contribution in [0.1, 0.15) is 155 Å². The van der Waals surface area contributed by atoms with Gasteiger partial charge in [-0.2, -0.15) is 0 Å². The first-order chi connectivity index (χ1) is 27.6. The minimum atomic E-state index is -1.14. The van der Waals surface area contributed by atoms with Gasteiger partial charge in [0.05, 0.1) is 40.3 Å². The van der Waals surface area contributed by atoms with Gasteiger partial charge >= 0.3 is 11.9 Å². The van der Waals surface area contributed by atoms with Crippen LogP contribution in [-0.4, -0.2) is 75.5 Å². The number of rotatable bonds is 38. The predicted molar refractivity (Wildman–Crippen MR) is 235 cm³/mol. The van der Waals surface area contributed by atoms with Crippen LogP contribution in [0.4, 0.5) is 0 Å². The van der Waals surface area contributed by atoms with Crippen molar-refractivity contribution in [2.24, 2.45) is 0 Å². The molecule has 8 heteroatoms. The third kappa shape index (κ3) is 37.8. The van der Waals surface area contributed by atoms with Gasteiger partial charge in [0.2, 0.25) is 0 Å². The summed E-state index contributed by atoms with van der Waals surface area (Å²) in [4.78, 5) is 36.9. The molecule has 2 unspecified atom stereocenters. The van der Waals surface area contributed by atoms with Crippen LogP contribution in [-0.2, 0) is 28.6 Å². The Balaban J connectivity index is 4.44. The number of ether oxygens (including phenoxy) is 3. The third-order valence-electron chi connectivity index (χ3n) is 9.42. The number of carbonyl (C=O) groups excluding carboxylic acids is 3. The van der Waals surface area contributed by atoms with Crippen molar-refractivity contribution in [3.63, 3.8) is 0 Å². The van der Waals surface area contributed by atoms with Gasteiger partial charge in [0.1, 0.15) is 12.6 Å². The fourth-order valence-corrected chi connectivity index (χ4v) is 5.96. The summed E-state index contributed by atoms with van der Waals surface area (Å²) in [6, 6.07) is -0.737. The number of carboxylic acids is 1. The van der Waals surface area contributed by atoms with E-state index >= 15 is 0 Å². The molecule has 2 atom stereocenters. The van der Waals surface area contributed by atoms with Crippen molar-refractivity contribution >= 4 is 17.9 Å². The molecular formula is C49H81NO7. The average molecular weight is 796 g/mol. The Labute approximate surface area is 348 Å². The van der Waals surface area contributed by atoms with Crippen LogP contribution in [0.5, 0.6) is 0 Å². The van der Waals surface area contributed by atoms with Crippen molar-refractivity contribution in [1.29, 1.82) is 0 Å². The fraction of sp³-hybridized carbons (Fsp3) is 0.653. The van der Waals surface area contributed by atoms with E-state index in [0.717, 1.165) is 83.5 Å². The van der Waals surface area contributed by atoms with E-state index in [2.05, 4.69) is 92.8 Å². The van der Waals surface area contributed by atoms with E-state index in [-0.39, 0.29) is 49.1 Å². The van der Waals surface area contributed by atoms with Gasteiger partial charge in [-0.25, -0.2) is 0 Å². The van der Waals surface area contributed by atoms with Crippen molar-refractivity contribution < 1.29 is 38.2 Å². The Morgan fingerprint density at radius 1 is 0.544 bits per heavy atom.